The molecule has 0 radical (unpaired) electrons. The van der Waals surface area contributed by atoms with Crippen LogP contribution in [0.15, 0.2) is 18.2 Å². The Morgan fingerprint density at radius 1 is 1.17 bits per heavy atom. The van der Waals surface area contributed by atoms with Crippen LogP contribution in [0.4, 0.5) is 8.78 Å². The Labute approximate surface area is 134 Å². The summed E-state index contributed by atoms with van der Waals surface area (Å²) in [6.45, 7) is 5.80. The van der Waals surface area contributed by atoms with Gasteiger partial charge in [0.15, 0.2) is 17.4 Å². The SMILES string of the molecule is CC(C)(C)CC(CO)NC(=O)CCC(=O)c1ccc(F)c(F)c1. The minimum Gasteiger partial charge on any atom is -0.394 e. The number of aliphatic hydroxyl groups excluding tert-OH is 1. The zero-order valence-electron chi connectivity index (χ0n) is 13.7. The number of hydrogen-bond donors (Lipinski definition) is 2. The second-order valence-electron chi connectivity index (χ2n) is 6.76. The van der Waals surface area contributed by atoms with E-state index in [9.17, 15) is 23.5 Å². The Balaban J connectivity index is 2.51. The van der Waals surface area contributed by atoms with E-state index in [0.29, 0.717) is 6.42 Å². The van der Waals surface area contributed by atoms with Crippen LogP contribution in [0.3, 0.4) is 0 Å². The first kappa shape index (κ1) is 19.2. The molecule has 23 heavy (non-hydrogen) atoms. The second kappa shape index (κ2) is 8.15. The van der Waals surface area contributed by atoms with Gasteiger partial charge in [-0.05, 0) is 30.0 Å². The molecule has 1 amide bonds. The average Bonchev–Trinajstić information content (AvgIpc) is 2.45. The molecule has 1 atom stereocenters. The smallest absolute Gasteiger partial charge is 0.220 e. The normalized spacial score (nSPS) is 12.8. The van der Waals surface area contributed by atoms with Crippen LogP contribution in [-0.4, -0.2) is 29.4 Å². The number of carbonyl (C=O) groups is 2. The predicted molar refractivity (Wildman–Crippen MR) is 83.0 cm³/mol. The maximum atomic E-state index is 13.1. The quantitative estimate of drug-likeness (QED) is 0.757. The molecule has 6 heteroatoms. The van der Waals surface area contributed by atoms with Crippen molar-refractivity contribution in [2.24, 2.45) is 5.41 Å². The molecule has 0 spiro atoms. The summed E-state index contributed by atoms with van der Waals surface area (Å²) >= 11 is 0. The summed E-state index contributed by atoms with van der Waals surface area (Å²) in [5.74, 6) is -2.90. The Hall–Kier alpha value is -1.82. The van der Waals surface area contributed by atoms with E-state index in [0.717, 1.165) is 12.1 Å². The number of carbonyl (C=O) groups excluding carboxylic acids is 2. The maximum absolute atomic E-state index is 13.1. The summed E-state index contributed by atoms with van der Waals surface area (Å²) in [4.78, 5) is 23.7. The number of rotatable bonds is 7. The third-order valence-corrected chi connectivity index (χ3v) is 3.26. The van der Waals surface area contributed by atoms with Crippen LogP contribution in [0.5, 0.6) is 0 Å². The summed E-state index contributed by atoms with van der Waals surface area (Å²) in [7, 11) is 0. The molecule has 0 saturated heterocycles. The summed E-state index contributed by atoms with van der Waals surface area (Å²) in [6.07, 6.45) is 0.426. The molecule has 1 aromatic carbocycles. The van der Waals surface area contributed by atoms with Crippen LogP contribution in [0.1, 0.15) is 50.4 Å². The van der Waals surface area contributed by atoms with Crippen molar-refractivity contribution in [1.29, 1.82) is 0 Å². The van der Waals surface area contributed by atoms with Gasteiger partial charge in [0.1, 0.15) is 0 Å². The number of Topliss-reactive ketones (excluding diaryl/α,β-unsaturated/α-hetero) is 1. The summed E-state index contributed by atoms with van der Waals surface area (Å²) in [6, 6.07) is 2.52. The van der Waals surface area contributed by atoms with E-state index in [2.05, 4.69) is 5.32 Å². The fourth-order valence-electron chi connectivity index (χ4n) is 2.24. The minimum atomic E-state index is -1.09. The lowest BCUT2D eigenvalue weighted by atomic mass is 9.88. The highest BCUT2D eigenvalue weighted by Crippen LogP contribution is 2.20. The van der Waals surface area contributed by atoms with Crippen LogP contribution in [0.25, 0.3) is 0 Å². The topological polar surface area (TPSA) is 66.4 Å². The zero-order chi connectivity index (χ0) is 17.6. The molecule has 0 aromatic heterocycles. The monoisotopic (exact) mass is 327 g/mol. The molecule has 4 nitrogen and oxygen atoms in total. The lowest BCUT2D eigenvalue weighted by Crippen LogP contribution is -2.40. The standard InChI is InChI=1S/C17H23F2NO3/c1-17(2,3)9-12(10-21)20-16(23)7-6-15(22)11-4-5-13(18)14(19)8-11/h4-5,8,12,21H,6-7,9-10H2,1-3H3,(H,20,23). The fraction of sp³-hybridized carbons (Fsp3) is 0.529. The van der Waals surface area contributed by atoms with Crippen LogP contribution >= 0.6 is 0 Å². The molecule has 0 aliphatic carbocycles. The van der Waals surface area contributed by atoms with E-state index >= 15 is 0 Å². The van der Waals surface area contributed by atoms with Crippen LogP contribution < -0.4 is 5.32 Å². The van der Waals surface area contributed by atoms with Crippen molar-refractivity contribution in [2.45, 2.75) is 46.1 Å². The number of halogens is 2. The Bertz CT molecular complexity index is 567. The van der Waals surface area contributed by atoms with Gasteiger partial charge in [-0.2, -0.15) is 0 Å². The van der Waals surface area contributed by atoms with Crippen LogP contribution in [0, 0.1) is 17.0 Å². The highest BCUT2D eigenvalue weighted by atomic mass is 19.2. The molecule has 0 heterocycles. The van der Waals surface area contributed by atoms with Crippen molar-refractivity contribution in [2.75, 3.05) is 6.61 Å². The van der Waals surface area contributed by atoms with Gasteiger partial charge in [-0.15, -0.1) is 0 Å². The first-order valence-corrected chi connectivity index (χ1v) is 7.51. The second-order valence-corrected chi connectivity index (χ2v) is 6.76. The lowest BCUT2D eigenvalue weighted by molar-refractivity contribution is -0.122. The number of aliphatic hydroxyl groups is 1. The average molecular weight is 327 g/mol. The molecular weight excluding hydrogens is 304 g/mol. The highest BCUT2D eigenvalue weighted by molar-refractivity contribution is 5.97. The molecule has 0 aliphatic rings. The number of ketones is 1. The highest BCUT2D eigenvalue weighted by Gasteiger charge is 2.20. The van der Waals surface area contributed by atoms with Gasteiger partial charge in [0, 0.05) is 18.4 Å². The molecule has 0 aliphatic heterocycles. The minimum absolute atomic E-state index is 0.0325. The Kier molecular flexibility index (Phi) is 6.81. The van der Waals surface area contributed by atoms with Crippen molar-refractivity contribution in [3.8, 4) is 0 Å². The van der Waals surface area contributed by atoms with E-state index in [1.807, 2.05) is 20.8 Å². The number of benzene rings is 1. The van der Waals surface area contributed by atoms with Crippen molar-refractivity contribution < 1.29 is 23.5 Å². The molecule has 0 fully saturated rings. The van der Waals surface area contributed by atoms with Gasteiger partial charge in [0.05, 0.1) is 12.6 Å². The molecular formula is C17H23F2NO3. The summed E-state index contributed by atoms with van der Waals surface area (Å²) in [5.41, 5.74) is -0.0209. The van der Waals surface area contributed by atoms with Crippen molar-refractivity contribution >= 4 is 11.7 Å². The van der Waals surface area contributed by atoms with E-state index in [-0.39, 0.29) is 42.4 Å². The van der Waals surface area contributed by atoms with Crippen molar-refractivity contribution in [3.05, 3.63) is 35.4 Å². The third kappa shape index (κ3) is 6.86. The zero-order valence-corrected chi connectivity index (χ0v) is 13.7. The van der Waals surface area contributed by atoms with Gasteiger partial charge in [-0.1, -0.05) is 20.8 Å². The molecule has 0 bridgehead atoms. The third-order valence-electron chi connectivity index (χ3n) is 3.26. The molecule has 128 valence electrons. The molecule has 0 saturated carbocycles. The Morgan fingerprint density at radius 2 is 1.83 bits per heavy atom. The van der Waals surface area contributed by atoms with Gasteiger partial charge in [-0.3, -0.25) is 9.59 Å². The largest absolute Gasteiger partial charge is 0.394 e. The molecule has 1 unspecified atom stereocenters. The van der Waals surface area contributed by atoms with E-state index in [1.165, 1.54) is 6.07 Å². The van der Waals surface area contributed by atoms with Gasteiger partial charge in [0.25, 0.3) is 0 Å². The first-order valence-electron chi connectivity index (χ1n) is 7.51. The molecule has 2 N–H and O–H groups in total. The summed E-state index contributed by atoms with van der Waals surface area (Å²) in [5, 5.41) is 12.0. The van der Waals surface area contributed by atoms with E-state index in [4.69, 9.17) is 0 Å². The van der Waals surface area contributed by atoms with Gasteiger partial charge in [0.2, 0.25) is 5.91 Å². The van der Waals surface area contributed by atoms with Gasteiger partial charge in [-0.25, -0.2) is 8.78 Å². The fourth-order valence-corrected chi connectivity index (χ4v) is 2.24. The lowest BCUT2D eigenvalue weighted by Gasteiger charge is -2.25. The number of hydrogen-bond acceptors (Lipinski definition) is 3. The maximum Gasteiger partial charge on any atom is 0.220 e. The van der Waals surface area contributed by atoms with Gasteiger partial charge >= 0.3 is 0 Å². The van der Waals surface area contributed by atoms with E-state index < -0.39 is 17.4 Å². The van der Waals surface area contributed by atoms with E-state index in [1.54, 1.807) is 0 Å². The van der Waals surface area contributed by atoms with Crippen molar-refractivity contribution in [3.63, 3.8) is 0 Å². The van der Waals surface area contributed by atoms with Gasteiger partial charge < -0.3 is 10.4 Å². The van der Waals surface area contributed by atoms with Crippen LogP contribution in [-0.2, 0) is 4.79 Å². The molecule has 1 rings (SSSR count). The first-order chi connectivity index (χ1) is 10.6. The van der Waals surface area contributed by atoms with Crippen molar-refractivity contribution in [1.82, 2.24) is 5.32 Å². The summed E-state index contributed by atoms with van der Waals surface area (Å²) < 4.78 is 25.9. The Morgan fingerprint density at radius 3 is 2.35 bits per heavy atom. The number of amides is 1. The molecule has 1 aromatic rings. The van der Waals surface area contributed by atoms with Crippen LogP contribution in [0.2, 0.25) is 0 Å². The predicted octanol–water partition coefficient (Wildman–Crippen LogP) is 2.84. The number of nitrogens with one attached hydrogen (secondary N) is 1.